The Morgan fingerprint density at radius 2 is 1.57 bits per heavy atom. The summed E-state index contributed by atoms with van der Waals surface area (Å²) in [5.41, 5.74) is 2.83. The fourth-order valence-electron chi connectivity index (χ4n) is 1.80. The number of rotatable bonds is 5. The second kappa shape index (κ2) is 7.13. The maximum absolute atomic E-state index is 11.9. The lowest BCUT2D eigenvalue weighted by Crippen LogP contribution is -2.21. The lowest BCUT2D eigenvalue weighted by molar-refractivity contribution is -0.114. The normalized spacial score (nSPS) is 10.0. The molecule has 0 aromatic heterocycles. The summed E-state index contributed by atoms with van der Waals surface area (Å²) < 4.78 is 0.986. The zero-order chi connectivity index (χ0) is 15.2. The Morgan fingerprint density at radius 3 is 2.14 bits per heavy atom. The van der Waals surface area contributed by atoms with Crippen molar-refractivity contribution < 1.29 is 4.79 Å². The van der Waals surface area contributed by atoms with E-state index in [1.165, 1.54) is 0 Å². The topological polar surface area (TPSA) is 44.4 Å². The van der Waals surface area contributed by atoms with Gasteiger partial charge in [-0.3, -0.25) is 4.79 Å². The molecule has 0 heterocycles. The van der Waals surface area contributed by atoms with Crippen LogP contribution in [-0.4, -0.2) is 26.5 Å². The standard InChI is InChI=1S/C16H18BrN3O/c1-20(2)15-9-7-13(8-10-15)18-11-16(21)19-14-5-3-12(17)4-6-14/h3-10,18H,11H2,1-2H3,(H,19,21). The number of benzene rings is 2. The van der Waals surface area contributed by atoms with Gasteiger partial charge in [-0.05, 0) is 48.5 Å². The molecule has 2 rings (SSSR count). The Balaban J connectivity index is 1.84. The molecular formula is C16H18BrN3O. The Morgan fingerprint density at radius 1 is 1.00 bits per heavy atom. The molecule has 21 heavy (non-hydrogen) atoms. The molecule has 0 spiro atoms. The van der Waals surface area contributed by atoms with Gasteiger partial charge in [-0.25, -0.2) is 0 Å². The molecule has 0 atom stereocenters. The first-order chi connectivity index (χ1) is 10.0. The highest BCUT2D eigenvalue weighted by molar-refractivity contribution is 9.10. The van der Waals surface area contributed by atoms with Gasteiger partial charge < -0.3 is 15.5 Å². The van der Waals surface area contributed by atoms with E-state index in [2.05, 4.69) is 26.6 Å². The van der Waals surface area contributed by atoms with Gasteiger partial charge in [0.1, 0.15) is 0 Å². The highest BCUT2D eigenvalue weighted by Crippen LogP contribution is 2.16. The van der Waals surface area contributed by atoms with Crippen molar-refractivity contribution in [3.63, 3.8) is 0 Å². The molecule has 0 radical (unpaired) electrons. The summed E-state index contributed by atoms with van der Waals surface area (Å²) >= 11 is 3.36. The fourth-order valence-corrected chi connectivity index (χ4v) is 2.06. The largest absolute Gasteiger partial charge is 0.378 e. The van der Waals surface area contributed by atoms with Crippen LogP contribution in [0.4, 0.5) is 17.1 Å². The number of amides is 1. The maximum Gasteiger partial charge on any atom is 0.243 e. The number of anilines is 3. The molecule has 0 aliphatic rings. The summed E-state index contributed by atoms with van der Waals surface area (Å²) in [5.74, 6) is -0.0750. The first kappa shape index (κ1) is 15.4. The number of hydrogen-bond donors (Lipinski definition) is 2. The van der Waals surface area contributed by atoms with Crippen molar-refractivity contribution in [3.8, 4) is 0 Å². The maximum atomic E-state index is 11.9. The van der Waals surface area contributed by atoms with E-state index in [0.717, 1.165) is 21.5 Å². The highest BCUT2D eigenvalue weighted by Gasteiger charge is 2.02. The van der Waals surface area contributed by atoms with Gasteiger partial charge in [0.15, 0.2) is 0 Å². The first-order valence-corrected chi connectivity index (χ1v) is 7.40. The van der Waals surface area contributed by atoms with E-state index in [0.29, 0.717) is 0 Å². The average molecular weight is 348 g/mol. The predicted molar refractivity (Wildman–Crippen MR) is 92.0 cm³/mol. The number of hydrogen-bond acceptors (Lipinski definition) is 3. The zero-order valence-corrected chi connectivity index (χ0v) is 13.6. The van der Waals surface area contributed by atoms with Crippen molar-refractivity contribution in [2.45, 2.75) is 0 Å². The van der Waals surface area contributed by atoms with E-state index in [-0.39, 0.29) is 12.5 Å². The van der Waals surface area contributed by atoms with Crippen molar-refractivity contribution in [1.82, 2.24) is 0 Å². The second-order valence-corrected chi connectivity index (χ2v) is 5.77. The van der Waals surface area contributed by atoms with Crippen LogP contribution >= 0.6 is 15.9 Å². The van der Waals surface area contributed by atoms with Crippen LogP contribution in [0.3, 0.4) is 0 Å². The lowest BCUT2D eigenvalue weighted by atomic mass is 10.2. The second-order valence-electron chi connectivity index (χ2n) is 4.85. The molecule has 2 aromatic carbocycles. The minimum Gasteiger partial charge on any atom is -0.378 e. The summed E-state index contributed by atoms with van der Waals surface area (Å²) in [6, 6.07) is 15.4. The first-order valence-electron chi connectivity index (χ1n) is 6.61. The monoisotopic (exact) mass is 347 g/mol. The molecule has 0 bridgehead atoms. The van der Waals surface area contributed by atoms with Crippen LogP contribution in [0.5, 0.6) is 0 Å². The van der Waals surface area contributed by atoms with Crippen LogP contribution in [0.15, 0.2) is 53.0 Å². The van der Waals surface area contributed by atoms with Gasteiger partial charge >= 0.3 is 0 Å². The van der Waals surface area contributed by atoms with Gasteiger partial charge in [-0.15, -0.1) is 0 Å². The Bertz CT molecular complexity index is 594. The fraction of sp³-hybridized carbons (Fsp3) is 0.188. The van der Waals surface area contributed by atoms with Crippen molar-refractivity contribution in [2.75, 3.05) is 36.2 Å². The molecular weight excluding hydrogens is 330 g/mol. The molecule has 0 aliphatic carbocycles. The van der Waals surface area contributed by atoms with Gasteiger partial charge in [0.2, 0.25) is 5.91 Å². The van der Waals surface area contributed by atoms with Crippen molar-refractivity contribution >= 4 is 38.9 Å². The molecule has 0 unspecified atom stereocenters. The van der Waals surface area contributed by atoms with Crippen molar-refractivity contribution in [3.05, 3.63) is 53.0 Å². The number of carbonyl (C=O) groups excluding carboxylic acids is 1. The smallest absolute Gasteiger partial charge is 0.243 e. The molecule has 0 saturated carbocycles. The van der Waals surface area contributed by atoms with E-state index < -0.39 is 0 Å². The molecule has 0 saturated heterocycles. The average Bonchev–Trinajstić information content (AvgIpc) is 2.48. The minimum atomic E-state index is -0.0750. The molecule has 2 N–H and O–H groups in total. The van der Waals surface area contributed by atoms with E-state index >= 15 is 0 Å². The van der Waals surface area contributed by atoms with Crippen LogP contribution < -0.4 is 15.5 Å². The molecule has 5 heteroatoms. The van der Waals surface area contributed by atoms with Crippen LogP contribution in [0.1, 0.15) is 0 Å². The van der Waals surface area contributed by atoms with Crippen molar-refractivity contribution in [2.24, 2.45) is 0 Å². The van der Waals surface area contributed by atoms with E-state index in [1.807, 2.05) is 67.5 Å². The van der Waals surface area contributed by atoms with Crippen molar-refractivity contribution in [1.29, 1.82) is 0 Å². The third kappa shape index (κ3) is 4.79. The number of nitrogens with one attached hydrogen (secondary N) is 2. The summed E-state index contributed by atoms with van der Waals surface area (Å²) in [6.07, 6.45) is 0. The van der Waals surface area contributed by atoms with Crippen LogP contribution in [0.25, 0.3) is 0 Å². The Kier molecular flexibility index (Phi) is 5.22. The minimum absolute atomic E-state index is 0.0750. The quantitative estimate of drug-likeness (QED) is 0.868. The molecule has 0 fully saturated rings. The van der Waals surface area contributed by atoms with Gasteiger partial charge in [0, 0.05) is 35.6 Å². The van der Waals surface area contributed by atoms with E-state index in [9.17, 15) is 4.79 Å². The molecule has 0 aliphatic heterocycles. The van der Waals surface area contributed by atoms with E-state index in [4.69, 9.17) is 0 Å². The molecule has 1 amide bonds. The third-order valence-corrected chi connectivity index (χ3v) is 3.49. The predicted octanol–water partition coefficient (Wildman–Crippen LogP) is 3.57. The third-order valence-electron chi connectivity index (χ3n) is 2.96. The zero-order valence-electron chi connectivity index (χ0n) is 12.1. The van der Waals surface area contributed by atoms with Crippen LogP contribution in [0, 0.1) is 0 Å². The summed E-state index contributed by atoms with van der Waals surface area (Å²) in [4.78, 5) is 13.9. The van der Waals surface area contributed by atoms with Crippen LogP contribution in [0.2, 0.25) is 0 Å². The Labute approximate surface area is 133 Å². The SMILES string of the molecule is CN(C)c1ccc(NCC(=O)Nc2ccc(Br)cc2)cc1. The van der Waals surface area contributed by atoms with Gasteiger partial charge in [-0.1, -0.05) is 15.9 Å². The number of nitrogens with zero attached hydrogens (tertiary/aromatic N) is 1. The molecule has 2 aromatic rings. The van der Waals surface area contributed by atoms with Gasteiger partial charge in [-0.2, -0.15) is 0 Å². The number of carbonyl (C=O) groups is 1. The molecule has 4 nitrogen and oxygen atoms in total. The number of halogens is 1. The van der Waals surface area contributed by atoms with Gasteiger partial charge in [0.25, 0.3) is 0 Å². The summed E-state index contributed by atoms with van der Waals surface area (Å²) in [6.45, 7) is 0.234. The van der Waals surface area contributed by atoms with Crippen LogP contribution in [-0.2, 0) is 4.79 Å². The lowest BCUT2D eigenvalue weighted by Gasteiger charge is -2.13. The summed E-state index contributed by atoms with van der Waals surface area (Å²) in [7, 11) is 3.99. The Hall–Kier alpha value is -2.01. The molecule has 110 valence electrons. The summed E-state index contributed by atoms with van der Waals surface area (Å²) in [5, 5.41) is 5.94. The van der Waals surface area contributed by atoms with Gasteiger partial charge in [0.05, 0.1) is 6.54 Å². The highest BCUT2D eigenvalue weighted by atomic mass is 79.9. The van der Waals surface area contributed by atoms with E-state index in [1.54, 1.807) is 0 Å².